The molecule has 1 aromatic carbocycles. The van der Waals surface area contributed by atoms with Crippen molar-refractivity contribution in [2.45, 2.75) is 50.9 Å². The molecule has 4 nitrogen and oxygen atoms in total. The third-order valence-corrected chi connectivity index (χ3v) is 5.99. The Morgan fingerprint density at radius 3 is 2.55 bits per heavy atom. The van der Waals surface area contributed by atoms with Gasteiger partial charge >= 0.3 is 0 Å². The van der Waals surface area contributed by atoms with Crippen molar-refractivity contribution >= 4 is 17.6 Å². The van der Waals surface area contributed by atoms with Crippen molar-refractivity contribution < 1.29 is 14.3 Å². The van der Waals surface area contributed by atoms with Crippen LogP contribution in [0.15, 0.2) is 18.2 Å². The first-order valence-corrected chi connectivity index (χ1v) is 8.59. The van der Waals surface area contributed by atoms with Gasteiger partial charge in [-0.1, -0.05) is 0 Å². The Kier molecular flexibility index (Phi) is 3.98. The topological polar surface area (TPSA) is 30.9 Å². The smallest absolute Gasteiger partial charge is 0.146 e. The van der Waals surface area contributed by atoms with E-state index in [0.29, 0.717) is 0 Å². The van der Waals surface area contributed by atoms with Crippen molar-refractivity contribution in [3.05, 3.63) is 18.2 Å². The molecular weight excluding hydrogens is 298 g/mol. The zero-order valence-corrected chi connectivity index (χ0v) is 14.8. The van der Waals surface area contributed by atoms with Crippen molar-refractivity contribution in [2.24, 2.45) is 5.92 Å². The molecule has 0 bridgehead atoms. The molecule has 1 saturated heterocycles. The molecule has 0 aromatic heterocycles. The van der Waals surface area contributed by atoms with Crippen molar-refractivity contribution in [2.75, 3.05) is 18.2 Å². The average Bonchev–Trinajstić information content (AvgIpc) is 3.24. The van der Waals surface area contributed by atoms with Crippen molar-refractivity contribution in [1.82, 2.24) is 0 Å². The predicted molar refractivity (Wildman–Crippen MR) is 90.5 cm³/mol. The maximum Gasteiger partial charge on any atom is 0.146 e. The summed E-state index contributed by atoms with van der Waals surface area (Å²) in [6, 6.07) is 5.88. The largest absolute Gasteiger partial charge is 0.497 e. The van der Waals surface area contributed by atoms with Gasteiger partial charge in [0.25, 0.3) is 0 Å². The van der Waals surface area contributed by atoms with E-state index in [9.17, 15) is 0 Å². The van der Waals surface area contributed by atoms with Gasteiger partial charge < -0.3 is 9.47 Å². The molecule has 1 aromatic rings. The first-order valence-electron chi connectivity index (χ1n) is 7.81. The molecule has 5 heteroatoms. The van der Waals surface area contributed by atoms with E-state index in [1.165, 1.54) is 12.8 Å². The van der Waals surface area contributed by atoms with Gasteiger partial charge in [0.2, 0.25) is 0 Å². The van der Waals surface area contributed by atoms with Gasteiger partial charge in [0.15, 0.2) is 0 Å². The number of anilines is 1. The molecule has 0 radical (unpaired) electrons. The Morgan fingerprint density at radius 1 is 1.27 bits per heavy atom. The minimum atomic E-state index is -0.255. The van der Waals surface area contributed by atoms with E-state index in [1.807, 2.05) is 22.7 Å². The summed E-state index contributed by atoms with van der Waals surface area (Å²) in [6.07, 6.45) is 2.56. The Hall–Kier alpha value is -1.07. The molecule has 2 fully saturated rings. The summed E-state index contributed by atoms with van der Waals surface area (Å²) in [5.74, 6) is 2.38. The van der Waals surface area contributed by atoms with E-state index in [4.69, 9.17) is 14.3 Å². The number of hydrogen-bond donors (Lipinski definition) is 0. The molecular formula is C17H25NO3S. The zero-order chi connectivity index (χ0) is 16.0. The van der Waals surface area contributed by atoms with Crippen molar-refractivity contribution in [3.8, 4) is 11.5 Å². The highest BCUT2D eigenvalue weighted by atomic mass is 32.2. The highest BCUT2D eigenvalue weighted by Crippen LogP contribution is 2.52. The van der Waals surface area contributed by atoms with Crippen LogP contribution in [-0.4, -0.2) is 24.1 Å². The summed E-state index contributed by atoms with van der Waals surface area (Å²) in [4.78, 5) is 6.17. The van der Waals surface area contributed by atoms with Gasteiger partial charge in [-0.05, 0) is 70.5 Å². The number of nitrogens with zero attached hydrogens (tertiary/aromatic N) is 1. The number of methoxy groups -OCH3 is 1. The fourth-order valence-electron chi connectivity index (χ4n) is 2.13. The highest BCUT2D eigenvalue weighted by molar-refractivity contribution is 8.02. The molecule has 3 rings (SSSR count). The van der Waals surface area contributed by atoms with Gasteiger partial charge in [-0.25, -0.2) is 0 Å². The first-order chi connectivity index (χ1) is 10.3. The summed E-state index contributed by atoms with van der Waals surface area (Å²) >= 11 is 1.69. The number of benzene rings is 1. The molecule has 0 unspecified atom stereocenters. The molecule has 2 aliphatic rings. The van der Waals surface area contributed by atoms with Crippen LogP contribution in [-0.2, 0) is 4.84 Å². The SMILES string of the molecule is COc1ccc(OCC2CC2)c(N2OC(C)(C)C(C)(C)S2)c1. The van der Waals surface area contributed by atoms with E-state index >= 15 is 0 Å². The molecule has 122 valence electrons. The molecule has 0 spiro atoms. The van der Waals surface area contributed by atoms with Crippen LogP contribution in [0.4, 0.5) is 5.69 Å². The van der Waals surface area contributed by atoms with Crippen LogP contribution in [0, 0.1) is 5.92 Å². The van der Waals surface area contributed by atoms with Crippen LogP contribution in [0.5, 0.6) is 11.5 Å². The lowest BCUT2D eigenvalue weighted by Gasteiger charge is -2.28. The molecule has 22 heavy (non-hydrogen) atoms. The predicted octanol–water partition coefficient (Wildman–Crippen LogP) is 4.44. The van der Waals surface area contributed by atoms with Gasteiger partial charge in [-0.15, -0.1) is 0 Å². The van der Waals surface area contributed by atoms with Gasteiger partial charge in [-0.2, -0.15) is 4.47 Å². The lowest BCUT2D eigenvalue weighted by molar-refractivity contribution is -0.00704. The molecule has 1 heterocycles. The standard InChI is InChI=1S/C17H25NO3S/c1-16(2)17(3,4)22-18(21-16)14-10-13(19-5)8-9-15(14)20-11-12-6-7-12/h8-10,12H,6-7,11H2,1-5H3. The molecule has 1 saturated carbocycles. The molecule has 1 aliphatic heterocycles. The van der Waals surface area contributed by atoms with Gasteiger partial charge in [-0.3, -0.25) is 4.84 Å². The summed E-state index contributed by atoms with van der Waals surface area (Å²) in [6.45, 7) is 9.41. The summed E-state index contributed by atoms with van der Waals surface area (Å²) in [5, 5.41) is 0. The van der Waals surface area contributed by atoms with Crippen LogP contribution in [0.1, 0.15) is 40.5 Å². The molecule has 0 N–H and O–H groups in total. The Morgan fingerprint density at radius 2 is 2.00 bits per heavy atom. The van der Waals surface area contributed by atoms with Crippen LogP contribution < -0.4 is 13.9 Å². The number of ether oxygens (including phenoxy) is 2. The van der Waals surface area contributed by atoms with Crippen molar-refractivity contribution in [1.29, 1.82) is 0 Å². The van der Waals surface area contributed by atoms with Crippen LogP contribution in [0.3, 0.4) is 0 Å². The maximum atomic E-state index is 6.17. The van der Waals surface area contributed by atoms with Gasteiger partial charge in [0, 0.05) is 6.07 Å². The van der Waals surface area contributed by atoms with Crippen molar-refractivity contribution in [3.63, 3.8) is 0 Å². The quantitative estimate of drug-likeness (QED) is 0.748. The molecule has 0 amide bonds. The lowest BCUT2D eigenvalue weighted by Crippen LogP contribution is -2.39. The summed E-state index contributed by atoms with van der Waals surface area (Å²) in [5.41, 5.74) is 0.665. The number of rotatable bonds is 5. The summed E-state index contributed by atoms with van der Waals surface area (Å²) in [7, 11) is 1.68. The maximum absolute atomic E-state index is 6.17. The fourth-order valence-corrected chi connectivity index (χ4v) is 3.27. The molecule has 1 aliphatic carbocycles. The second-order valence-electron chi connectivity index (χ2n) is 7.05. The average molecular weight is 323 g/mol. The minimum absolute atomic E-state index is 0.0240. The number of hydrogen-bond acceptors (Lipinski definition) is 5. The Balaban J connectivity index is 1.86. The second-order valence-corrected chi connectivity index (χ2v) is 8.58. The first kappa shape index (κ1) is 15.8. The van der Waals surface area contributed by atoms with E-state index < -0.39 is 0 Å². The second kappa shape index (κ2) is 5.53. The fraction of sp³-hybridized carbons (Fsp3) is 0.647. The van der Waals surface area contributed by atoms with Gasteiger partial charge in [0.1, 0.15) is 22.8 Å². The lowest BCUT2D eigenvalue weighted by atomic mass is 9.94. The van der Waals surface area contributed by atoms with Crippen LogP contribution in [0.2, 0.25) is 0 Å². The Labute approximate surface area is 137 Å². The minimum Gasteiger partial charge on any atom is -0.497 e. The monoisotopic (exact) mass is 323 g/mol. The Bertz CT molecular complexity index is 539. The van der Waals surface area contributed by atoms with Crippen LogP contribution in [0.25, 0.3) is 0 Å². The van der Waals surface area contributed by atoms with Gasteiger partial charge in [0.05, 0.1) is 18.5 Å². The van der Waals surface area contributed by atoms with Crippen LogP contribution >= 0.6 is 11.9 Å². The van der Waals surface area contributed by atoms with E-state index in [0.717, 1.165) is 29.7 Å². The zero-order valence-electron chi connectivity index (χ0n) is 14.0. The van der Waals surface area contributed by atoms with E-state index in [1.54, 1.807) is 19.1 Å². The molecule has 0 atom stereocenters. The normalized spacial score (nSPS) is 22.7. The highest BCUT2D eigenvalue weighted by Gasteiger charge is 2.49. The third-order valence-electron chi connectivity index (χ3n) is 4.61. The van der Waals surface area contributed by atoms with E-state index in [2.05, 4.69) is 27.7 Å². The third kappa shape index (κ3) is 3.01. The van der Waals surface area contributed by atoms with E-state index in [-0.39, 0.29) is 10.3 Å². The summed E-state index contributed by atoms with van der Waals surface area (Å²) < 4.78 is 13.2.